The molecule has 0 spiro atoms. The average Bonchev–Trinajstić information content (AvgIpc) is 2.69. The molecule has 0 bridgehead atoms. The highest BCUT2D eigenvalue weighted by molar-refractivity contribution is 5.49. The van der Waals surface area contributed by atoms with Crippen molar-refractivity contribution in [2.45, 2.75) is 26.2 Å². The zero-order valence-corrected chi connectivity index (χ0v) is 16.7. The van der Waals surface area contributed by atoms with Gasteiger partial charge >= 0.3 is 0 Å². The Labute approximate surface area is 161 Å². The number of aromatic hydroxyl groups is 1. The first-order valence-corrected chi connectivity index (χ1v) is 9.16. The van der Waals surface area contributed by atoms with Crippen LogP contribution in [0.15, 0.2) is 36.4 Å². The van der Waals surface area contributed by atoms with E-state index < -0.39 is 0 Å². The molecule has 0 saturated heterocycles. The summed E-state index contributed by atoms with van der Waals surface area (Å²) >= 11 is 0. The fourth-order valence-corrected chi connectivity index (χ4v) is 3.53. The van der Waals surface area contributed by atoms with Gasteiger partial charge in [-0.1, -0.05) is 26.0 Å². The molecule has 0 saturated carbocycles. The molecule has 0 amide bonds. The Balaban J connectivity index is 2.56. The van der Waals surface area contributed by atoms with E-state index >= 15 is 0 Å². The predicted octanol–water partition coefficient (Wildman–Crippen LogP) is 4.20. The minimum Gasteiger partial charge on any atom is -0.504 e. The van der Waals surface area contributed by atoms with Crippen molar-refractivity contribution in [3.63, 3.8) is 0 Å². The monoisotopic (exact) mass is 374 g/mol. The van der Waals surface area contributed by atoms with Gasteiger partial charge in [0.05, 0.1) is 21.3 Å². The maximum atomic E-state index is 9.98. The van der Waals surface area contributed by atoms with Crippen molar-refractivity contribution in [1.29, 1.82) is 0 Å². The van der Waals surface area contributed by atoms with E-state index in [1.165, 1.54) is 0 Å². The lowest BCUT2D eigenvalue weighted by atomic mass is 9.75. The van der Waals surface area contributed by atoms with Crippen molar-refractivity contribution in [2.24, 2.45) is 11.8 Å². The molecular weight excluding hydrogens is 344 g/mol. The second kappa shape index (κ2) is 9.51. The Morgan fingerprint density at radius 2 is 1.37 bits per heavy atom. The summed E-state index contributed by atoms with van der Waals surface area (Å²) in [5.41, 5.74) is 2.12. The zero-order chi connectivity index (χ0) is 20.0. The first kappa shape index (κ1) is 20.9. The van der Waals surface area contributed by atoms with Gasteiger partial charge in [0.2, 0.25) is 0 Å². The normalized spacial score (nSPS) is 14.3. The Morgan fingerprint density at radius 3 is 1.93 bits per heavy atom. The molecule has 2 aromatic carbocycles. The van der Waals surface area contributed by atoms with E-state index in [4.69, 9.17) is 14.2 Å². The van der Waals surface area contributed by atoms with E-state index in [0.717, 1.165) is 17.5 Å². The highest BCUT2D eigenvalue weighted by Crippen LogP contribution is 2.42. The minimum atomic E-state index is 0.0425. The third-order valence-corrected chi connectivity index (χ3v) is 5.34. The van der Waals surface area contributed by atoms with Crippen molar-refractivity contribution in [1.82, 2.24) is 0 Å². The van der Waals surface area contributed by atoms with Crippen molar-refractivity contribution >= 4 is 0 Å². The van der Waals surface area contributed by atoms with E-state index in [9.17, 15) is 10.2 Å². The lowest BCUT2D eigenvalue weighted by molar-refractivity contribution is 0.227. The molecule has 5 nitrogen and oxygen atoms in total. The van der Waals surface area contributed by atoms with Crippen LogP contribution in [0, 0.1) is 11.8 Å². The Morgan fingerprint density at radius 1 is 0.815 bits per heavy atom. The van der Waals surface area contributed by atoms with Crippen molar-refractivity contribution < 1.29 is 24.4 Å². The zero-order valence-electron chi connectivity index (χ0n) is 16.7. The van der Waals surface area contributed by atoms with Crippen LogP contribution in [-0.2, 0) is 0 Å². The fourth-order valence-electron chi connectivity index (χ4n) is 3.53. The molecule has 5 heteroatoms. The molecule has 148 valence electrons. The number of ether oxygens (including phenoxy) is 3. The second-order valence-corrected chi connectivity index (χ2v) is 6.87. The molecule has 0 aliphatic carbocycles. The summed E-state index contributed by atoms with van der Waals surface area (Å²) in [6.07, 6.45) is 0.722. The van der Waals surface area contributed by atoms with Crippen LogP contribution in [0.25, 0.3) is 0 Å². The number of hydrogen-bond donors (Lipinski definition) is 2. The largest absolute Gasteiger partial charge is 0.504 e. The van der Waals surface area contributed by atoms with Crippen LogP contribution in [0.3, 0.4) is 0 Å². The van der Waals surface area contributed by atoms with Gasteiger partial charge in [-0.3, -0.25) is 0 Å². The van der Waals surface area contributed by atoms with Crippen LogP contribution in [0.4, 0.5) is 0 Å². The molecule has 0 aliphatic heterocycles. The van der Waals surface area contributed by atoms with E-state index in [-0.39, 0.29) is 24.2 Å². The minimum absolute atomic E-state index is 0.0425. The number of hydrogen-bond acceptors (Lipinski definition) is 5. The SMILES string of the molecule is COc1cc([C@@H](c2ccc(OC)c(OC)c2)[C@H](C)[C@@H](C)CCO)ccc1O. The molecule has 2 rings (SSSR count). The lowest BCUT2D eigenvalue weighted by Crippen LogP contribution is -2.20. The van der Waals surface area contributed by atoms with Gasteiger partial charge < -0.3 is 24.4 Å². The molecule has 3 atom stereocenters. The Kier molecular flexibility index (Phi) is 7.36. The molecular formula is C22H30O5. The fraction of sp³-hybridized carbons (Fsp3) is 0.455. The maximum absolute atomic E-state index is 9.98. The Bertz CT molecular complexity index is 743. The van der Waals surface area contributed by atoms with Crippen LogP contribution in [-0.4, -0.2) is 38.1 Å². The molecule has 0 unspecified atom stereocenters. The predicted molar refractivity (Wildman–Crippen MR) is 106 cm³/mol. The summed E-state index contributed by atoms with van der Waals surface area (Å²) in [4.78, 5) is 0. The van der Waals surface area contributed by atoms with Gasteiger partial charge in [-0.05, 0) is 53.6 Å². The summed E-state index contributed by atoms with van der Waals surface area (Å²) in [7, 11) is 4.78. The van der Waals surface area contributed by atoms with E-state index in [0.29, 0.717) is 23.2 Å². The summed E-state index contributed by atoms with van der Waals surface area (Å²) in [6, 6.07) is 11.4. The molecule has 0 aromatic heterocycles. The van der Waals surface area contributed by atoms with Crippen LogP contribution < -0.4 is 14.2 Å². The first-order valence-electron chi connectivity index (χ1n) is 9.16. The molecule has 2 aromatic rings. The van der Waals surface area contributed by atoms with Gasteiger partial charge in [0, 0.05) is 12.5 Å². The summed E-state index contributed by atoms with van der Waals surface area (Å²) < 4.78 is 16.2. The highest BCUT2D eigenvalue weighted by atomic mass is 16.5. The lowest BCUT2D eigenvalue weighted by Gasteiger charge is -2.30. The molecule has 0 heterocycles. The Hall–Kier alpha value is -2.40. The van der Waals surface area contributed by atoms with Crippen LogP contribution in [0.5, 0.6) is 23.0 Å². The van der Waals surface area contributed by atoms with E-state index in [1.54, 1.807) is 27.4 Å². The van der Waals surface area contributed by atoms with E-state index in [2.05, 4.69) is 13.8 Å². The number of phenols is 1. The van der Waals surface area contributed by atoms with Gasteiger partial charge in [-0.25, -0.2) is 0 Å². The van der Waals surface area contributed by atoms with Crippen LogP contribution in [0.2, 0.25) is 0 Å². The van der Waals surface area contributed by atoms with Crippen LogP contribution in [0.1, 0.15) is 37.3 Å². The number of aliphatic hydroxyl groups is 1. The molecule has 2 N–H and O–H groups in total. The summed E-state index contributed by atoms with van der Waals surface area (Å²) in [5, 5.41) is 19.4. The van der Waals surface area contributed by atoms with Crippen LogP contribution >= 0.6 is 0 Å². The number of phenolic OH excluding ortho intramolecular Hbond substituents is 1. The van der Waals surface area contributed by atoms with Gasteiger partial charge in [0.1, 0.15) is 0 Å². The number of methoxy groups -OCH3 is 3. The van der Waals surface area contributed by atoms with Crippen molar-refractivity contribution in [2.75, 3.05) is 27.9 Å². The van der Waals surface area contributed by atoms with Gasteiger partial charge in [-0.15, -0.1) is 0 Å². The third kappa shape index (κ3) is 4.66. The standard InChI is InChI=1S/C22H30O5/c1-14(10-11-23)15(2)22(16-6-8-18(24)20(12-16)26-4)17-7-9-19(25-3)21(13-17)27-5/h6-9,12-15,22-24H,10-11H2,1-5H3/t14-,15+,22-/m0/s1. The number of rotatable bonds is 9. The van der Waals surface area contributed by atoms with Crippen molar-refractivity contribution in [3.8, 4) is 23.0 Å². The van der Waals surface area contributed by atoms with Crippen molar-refractivity contribution in [3.05, 3.63) is 47.5 Å². The van der Waals surface area contributed by atoms with Gasteiger partial charge in [0.15, 0.2) is 23.0 Å². The average molecular weight is 374 g/mol. The summed E-state index contributed by atoms with van der Waals surface area (Å²) in [6.45, 7) is 4.48. The van der Waals surface area contributed by atoms with Gasteiger partial charge in [-0.2, -0.15) is 0 Å². The number of benzene rings is 2. The first-order chi connectivity index (χ1) is 13.0. The summed E-state index contributed by atoms with van der Waals surface area (Å²) in [5.74, 6) is 2.49. The van der Waals surface area contributed by atoms with E-state index in [1.807, 2.05) is 30.3 Å². The molecule has 27 heavy (non-hydrogen) atoms. The smallest absolute Gasteiger partial charge is 0.161 e. The number of aliphatic hydroxyl groups excluding tert-OH is 1. The molecule has 0 radical (unpaired) electrons. The maximum Gasteiger partial charge on any atom is 0.161 e. The third-order valence-electron chi connectivity index (χ3n) is 5.34. The molecule has 0 fully saturated rings. The second-order valence-electron chi connectivity index (χ2n) is 6.87. The molecule has 0 aliphatic rings. The quantitative estimate of drug-likeness (QED) is 0.688. The highest BCUT2D eigenvalue weighted by Gasteiger charge is 2.27. The van der Waals surface area contributed by atoms with Gasteiger partial charge in [0.25, 0.3) is 0 Å². The topological polar surface area (TPSA) is 68.2 Å².